The van der Waals surface area contributed by atoms with E-state index in [0.717, 1.165) is 18.8 Å². The number of ketones is 1. The first-order valence-corrected chi connectivity index (χ1v) is 7.75. The molecule has 2 rings (SSSR count). The number of carbonyl (C=O) groups is 1. The molecule has 19 heavy (non-hydrogen) atoms. The summed E-state index contributed by atoms with van der Waals surface area (Å²) in [5.41, 5.74) is 1.41. The van der Waals surface area contributed by atoms with Gasteiger partial charge in [-0.15, -0.1) is 0 Å². The van der Waals surface area contributed by atoms with Gasteiger partial charge in [-0.1, -0.05) is 50.1 Å². The lowest BCUT2D eigenvalue weighted by Crippen LogP contribution is -2.16. The van der Waals surface area contributed by atoms with E-state index in [1.54, 1.807) is 6.92 Å². The van der Waals surface area contributed by atoms with Gasteiger partial charge in [0.25, 0.3) is 0 Å². The number of aryl methyl sites for hydroxylation is 1. The summed E-state index contributed by atoms with van der Waals surface area (Å²) in [6, 6.07) is 10.7. The van der Waals surface area contributed by atoms with E-state index in [-0.39, 0.29) is 0 Å². The van der Waals surface area contributed by atoms with E-state index < -0.39 is 0 Å². The minimum absolute atomic E-state index is 0.334. The molecule has 0 aromatic heterocycles. The third-order valence-corrected chi connectivity index (χ3v) is 4.66. The number of hydrogen-bond acceptors (Lipinski definition) is 1. The SMILES string of the molecule is CCCC1CC(CCc2ccccc2)C(C(C)=O)C1. The topological polar surface area (TPSA) is 17.1 Å². The van der Waals surface area contributed by atoms with Gasteiger partial charge in [-0.25, -0.2) is 0 Å². The fourth-order valence-corrected chi connectivity index (χ4v) is 3.70. The van der Waals surface area contributed by atoms with Crippen molar-refractivity contribution in [1.29, 1.82) is 0 Å². The number of carbonyl (C=O) groups excluding carboxylic acids is 1. The van der Waals surface area contributed by atoms with Gasteiger partial charge in [-0.05, 0) is 50.0 Å². The van der Waals surface area contributed by atoms with Crippen LogP contribution in [0.3, 0.4) is 0 Å². The van der Waals surface area contributed by atoms with Gasteiger partial charge in [0, 0.05) is 5.92 Å². The average molecular weight is 258 g/mol. The summed E-state index contributed by atoms with van der Waals surface area (Å²) in [4.78, 5) is 11.8. The first-order valence-electron chi connectivity index (χ1n) is 7.75. The van der Waals surface area contributed by atoms with Crippen molar-refractivity contribution < 1.29 is 4.79 Å². The largest absolute Gasteiger partial charge is 0.300 e. The summed E-state index contributed by atoms with van der Waals surface area (Å²) < 4.78 is 0. The van der Waals surface area contributed by atoms with E-state index in [0.29, 0.717) is 17.6 Å². The fraction of sp³-hybridized carbons (Fsp3) is 0.611. The first kappa shape index (κ1) is 14.3. The van der Waals surface area contributed by atoms with Gasteiger partial charge in [0.05, 0.1) is 0 Å². The maximum absolute atomic E-state index is 11.8. The van der Waals surface area contributed by atoms with E-state index in [9.17, 15) is 4.79 Å². The highest BCUT2D eigenvalue weighted by molar-refractivity contribution is 5.78. The van der Waals surface area contributed by atoms with Gasteiger partial charge in [0.2, 0.25) is 0 Å². The second-order valence-electron chi connectivity index (χ2n) is 6.13. The molecule has 0 saturated heterocycles. The lowest BCUT2D eigenvalue weighted by atomic mass is 9.88. The molecule has 3 unspecified atom stereocenters. The molecule has 0 N–H and O–H groups in total. The van der Waals surface area contributed by atoms with Gasteiger partial charge in [0.1, 0.15) is 5.78 Å². The molecule has 3 atom stereocenters. The van der Waals surface area contributed by atoms with Crippen molar-refractivity contribution in [3.05, 3.63) is 35.9 Å². The molecule has 1 fully saturated rings. The van der Waals surface area contributed by atoms with Gasteiger partial charge in [0.15, 0.2) is 0 Å². The minimum Gasteiger partial charge on any atom is -0.300 e. The Bertz CT molecular complexity index is 395. The lowest BCUT2D eigenvalue weighted by Gasteiger charge is -2.16. The monoisotopic (exact) mass is 258 g/mol. The number of Topliss-reactive ketones (excluding diaryl/α,β-unsaturated/α-hetero) is 1. The molecule has 1 aromatic carbocycles. The third kappa shape index (κ3) is 3.92. The molecule has 0 aliphatic heterocycles. The summed E-state index contributed by atoms with van der Waals surface area (Å²) in [6.45, 7) is 4.04. The maximum atomic E-state index is 11.8. The lowest BCUT2D eigenvalue weighted by molar-refractivity contribution is -0.121. The highest BCUT2D eigenvalue weighted by atomic mass is 16.1. The van der Waals surface area contributed by atoms with Crippen LogP contribution in [0.5, 0.6) is 0 Å². The second kappa shape index (κ2) is 6.88. The maximum Gasteiger partial charge on any atom is 0.133 e. The predicted octanol–water partition coefficient (Wildman–Crippen LogP) is 4.65. The van der Waals surface area contributed by atoms with Crippen LogP contribution in [0.1, 0.15) is 51.5 Å². The molecular formula is C18H26O. The number of benzene rings is 1. The third-order valence-electron chi connectivity index (χ3n) is 4.66. The normalized spacial score (nSPS) is 26.5. The Hall–Kier alpha value is -1.11. The van der Waals surface area contributed by atoms with Crippen LogP contribution in [0.2, 0.25) is 0 Å². The fourth-order valence-electron chi connectivity index (χ4n) is 3.70. The van der Waals surface area contributed by atoms with Crippen molar-refractivity contribution in [2.45, 2.75) is 52.4 Å². The van der Waals surface area contributed by atoms with Crippen LogP contribution in [0.4, 0.5) is 0 Å². The first-order chi connectivity index (χ1) is 9.20. The van der Waals surface area contributed by atoms with E-state index in [2.05, 4.69) is 37.3 Å². The van der Waals surface area contributed by atoms with E-state index in [1.807, 2.05) is 0 Å². The average Bonchev–Trinajstić information content (AvgIpc) is 2.81. The Morgan fingerprint density at radius 1 is 1.16 bits per heavy atom. The summed E-state index contributed by atoms with van der Waals surface area (Å²) in [6.07, 6.45) is 7.25. The molecular weight excluding hydrogens is 232 g/mol. The molecule has 1 heteroatoms. The van der Waals surface area contributed by atoms with Crippen molar-refractivity contribution in [2.24, 2.45) is 17.8 Å². The highest BCUT2D eigenvalue weighted by Gasteiger charge is 2.35. The van der Waals surface area contributed by atoms with Crippen LogP contribution >= 0.6 is 0 Å². The Morgan fingerprint density at radius 2 is 1.89 bits per heavy atom. The summed E-state index contributed by atoms with van der Waals surface area (Å²) >= 11 is 0. The van der Waals surface area contributed by atoms with Gasteiger partial charge in [-0.2, -0.15) is 0 Å². The smallest absolute Gasteiger partial charge is 0.133 e. The van der Waals surface area contributed by atoms with E-state index in [4.69, 9.17) is 0 Å². The van der Waals surface area contributed by atoms with Crippen molar-refractivity contribution in [2.75, 3.05) is 0 Å². The Balaban J connectivity index is 1.92. The second-order valence-corrected chi connectivity index (χ2v) is 6.13. The van der Waals surface area contributed by atoms with Gasteiger partial charge < -0.3 is 0 Å². The molecule has 0 radical (unpaired) electrons. The number of rotatable bonds is 6. The van der Waals surface area contributed by atoms with Crippen LogP contribution in [0.25, 0.3) is 0 Å². The molecule has 0 bridgehead atoms. The van der Waals surface area contributed by atoms with Crippen molar-refractivity contribution in [3.8, 4) is 0 Å². The van der Waals surface area contributed by atoms with Crippen LogP contribution in [0.15, 0.2) is 30.3 Å². The molecule has 1 aromatic rings. The Kier molecular flexibility index (Phi) is 5.18. The van der Waals surface area contributed by atoms with E-state index >= 15 is 0 Å². The Morgan fingerprint density at radius 3 is 2.53 bits per heavy atom. The van der Waals surface area contributed by atoms with Crippen molar-refractivity contribution in [3.63, 3.8) is 0 Å². The zero-order valence-corrected chi connectivity index (χ0v) is 12.3. The molecule has 1 saturated carbocycles. The standard InChI is InChI=1S/C18H26O/c1-3-7-16-12-17(18(13-16)14(2)19)11-10-15-8-5-4-6-9-15/h4-6,8-9,16-18H,3,7,10-13H2,1-2H3. The summed E-state index contributed by atoms with van der Waals surface area (Å²) in [5, 5.41) is 0. The van der Waals surface area contributed by atoms with Crippen molar-refractivity contribution in [1.82, 2.24) is 0 Å². The van der Waals surface area contributed by atoms with Crippen LogP contribution in [0, 0.1) is 17.8 Å². The molecule has 1 aliphatic carbocycles. The Labute approximate surface area is 117 Å². The zero-order valence-electron chi connectivity index (χ0n) is 12.3. The molecule has 104 valence electrons. The molecule has 0 spiro atoms. The molecule has 1 nitrogen and oxygen atoms in total. The van der Waals surface area contributed by atoms with Crippen LogP contribution in [-0.4, -0.2) is 5.78 Å². The van der Waals surface area contributed by atoms with Crippen LogP contribution < -0.4 is 0 Å². The highest BCUT2D eigenvalue weighted by Crippen LogP contribution is 2.41. The number of hydrogen-bond donors (Lipinski definition) is 0. The zero-order chi connectivity index (χ0) is 13.7. The molecule has 0 heterocycles. The van der Waals surface area contributed by atoms with Crippen LogP contribution in [-0.2, 0) is 11.2 Å². The predicted molar refractivity (Wildman–Crippen MR) is 80.1 cm³/mol. The van der Waals surface area contributed by atoms with E-state index in [1.165, 1.54) is 31.2 Å². The van der Waals surface area contributed by atoms with Crippen molar-refractivity contribution >= 4 is 5.78 Å². The summed E-state index contributed by atoms with van der Waals surface area (Å²) in [5.74, 6) is 2.16. The van der Waals surface area contributed by atoms with Gasteiger partial charge >= 0.3 is 0 Å². The van der Waals surface area contributed by atoms with Gasteiger partial charge in [-0.3, -0.25) is 4.79 Å². The minimum atomic E-state index is 0.334. The molecule has 0 amide bonds. The molecule has 1 aliphatic rings. The quantitative estimate of drug-likeness (QED) is 0.726. The summed E-state index contributed by atoms with van der Waals surface area (Å²) in [7, 11) is 0.